The van der Waals surface area contributed by atoms with Gasteiger partial charge in [-0.1, -0.05) is 26.8 Å². The first-order chi connectivity index (χ1) is 14.7. The normalized spacial score (nSPS) is 39.0. The lowest BCUT2D eigenvalue weighted by atomic mass is 9.45. The molecule has 1 amide bonds. The van der Waals surface area contributed by atoms with Crippen LogP contribution in [0.5, 0.6) is 5.75 Å². The molecular formula is C26H36N2O3. The second-order valence-corrected chi connectivity index (χ2v) is 12.2. The molecule has 4 atom stereocenters. The van der Waals surface area contributed by atoms with Gasteiger partial charge in [0, 0.05) is 23.4 Å². The summed E-state index contributed by atoms with van der Waals surface area (Å²) >= 11 is 0. The van der Waals surface area contributed by atoms with Crippen LogP contribution in [0.1, 0.15) is 70.4 Å². The number of ether oxygens (including phenoxy) is 1. The highest BCUT2D eigenvalue weighted by atomic mass is 16.5. The number of carbonyl (C=O) groups excluding carboxylic acids is 1. The van der Waals surface area contributed by atoms with Gasteiger partial charge in [0.2, 0.25) is 5.91 Å². The number of fused-ring (bicyclic) bond motifs is 3. The van der Waals surface area contributed by atoms with E-state index >= 15 is 0 Å². The molecule has 168 valence electrons. The summed E-state index contributed by atoms with van der Waals surface area (Å²) < 4.78 is 6.93. The number of benzene rings is 1. The van der Waals surface area contributed by atoms with E-state index < -0.39 is 5.41 Å². The van der Waals surface area contributed by atoms with Crippen LogP contribution in [0.25, 0.3) is 0 Å². The Hall–Kier alpha value is -1.59. The third-order valence-electron chi connectivity index (χ3n) is 9.11. The number of amides is 1. The predicted octanol–water partition coefficient (Wildman–Crippen LogP) is 3.52. The molecule has 3 aliphatic heterocycles. The molecule has 7 rings (SSSR count). The van der Waals surface area contributed by atoms with Crippen molar-refractivity contribution in [2.75, 3.05) is 19.7 Å². The van der Waals surface area contributed by atoms with Gasteiger partial charge in [0.05, 0.1) is 17.7 Å². The van der Waals surface area contributed by atoms with Gasteiger partial charge in [0.1, 0.15) is 5.75 Å². The van der Waals surface area contributed by atoms with E-state index in [0.29, 0.717) is 18.4 Å². The van der Waals surface area contributed by atoms with E-state index in [0.717, 1.165) is 44.6 Å². The first-order valence-corrected chi connectivity index (χ1v) is 12.2. The summed E-state index contributed by atoms with van der Waals surface area (Å²) in [6.45, 7) is 8.84. The van der Waals surface area contributed by atoms with Crippen molar-refractivity contribution in [3.8, 4) is 5.75 Å². The molecule has 5 nitrogen and oxygen atoms in total. The van der Waals surface area contributed by atoms with Crippen molar-refractivity contribution in [2.45, 2.75) is 88.3 Å². The molecule has 3 saturated heterocycles. The summed E-state index contributed by atoms with van der Waals surface area (Å²) in [6.07, 6.45) is 7.68. The Balaban J connectivity index is 1.44. The molecule has 31 heavy (non-hydrogen) atoms. The van der Waals surface area contributed by atoms with Crippen molar-refractivity contribution in [1.29, 1.82) is 0 Å². The quantitative estimate of drug-likeness (QED) is 0.779. The van der Waals surface area contributed by atoms with Crippen molar-refractivity contribution in [1.82, 2.24) is 10.2 Å². The van der Waals surface area contributed by atoms with Crippen molar-refractivity contribution >= 4 is 5.91 Å². The van der Waals surface area contributed by atoms with Gasteiger partial charge in [0.15, 0.2) is 0 Å². The van der Waals surface area contributed by atoms with Gasteiger partial charge in [-0.05, 0) is 80.7 Å². The standard InChI is InChI=1S/C26H36N2O3/c1-23(2,3)22(30)27-24-8-9-26(31-16-24)21-12-18-6-7-19(29)13-20(18)25(26,15-24)10-11-28(21)14-17-4-5-17/h6-7,13,17,21,29H,4-5,8-12,14-16H2,1-3H3,(H,27,30)/t21-,24+,25-,26-/m1/s1. The van der Waals surface area contributed by atoms with Crippen LogP contribution in [0, 0.1) is 11.3 Å². The van der Waals surface area contributed by atoms with Crippen molar-refractivity contribution in [3.63, 3.8) is 0 Å². The fraction of sp³-hybridized carbons (Fsp3) is 0.731. The zero-order valence-corrected chi connectivity index (χ0v) is 19.2. The minimum Gasteiger partial charge on any atom is -0.508 e. The molecule has 1 spiro atoms. The molecule has 4 bridgehead atoms. The largest absolute Gasteiger partial charge is 0.508 e. The number of nitrogens with zero attached hydrogens (tertiary/aromatic N) is 1. The maximum atomic E-state index is 13.0. The van der Waals surface area contributed by atoms with E-state index in [-0.39, 0.29) is 22.5 Å². The molecule has 2 saturated carbocycles. The van der Waals surface area contributed by atoms with E-state index in [2.05, 4.69) is 16.3 Å². The van der Waals surface area contributed by atoms with E-state index in [1.165, 1.54) is 30.5 Å². The fourth-order valence-corrected chi connectivity index (χ4v) is 7.32. The Bertz CT molecular complexity index is 923. The smallest absolute Gasteiger partial charge is 0.225 e. The average molecular weight is 425 g/mol. The van der Waals surface area contributed by atoms with Crippen LogP contribution < -0.4 is 5.32 Å². The van der Waals surface area contributed by atoms with E-state index in [9.17, 15) is 9.90 Å². The van der Waals surface area contributed by atoms with Crippen LogP contribution in [0.3, 0.4) is 0 Å². The molecule has 5 fully saturated rings. The average Bonchev–Trinajstić information content (AvgIpc) is 3.54. The summed E-state index contributed by atoms with van der Waals surface area (Å²) in [6, 6.07) is 6.38. The lowest BCUT2D eigenvalue weighted by Gasteiger charge is -2.71. The highest BCUT2D eigenvalue weighted by Gasteiger charge is 2.71. The highest BCUT2D eigenvalue weighted by Crippen LogP contribution is 2.65. The summed E-state index contributed by atoms with van der Waals surface area (Å²) in [7, 11) is 0. The van der Waals surface area contributed by atoms with Crippen molar-refractivity contribution < 1.29 is 14.6 Å². The second-order valence-electron chi connectivity index (χ2n) is 12.2. The zero-order valence-electron chi connectivity index (χ0n) is 19.2. The Morgan fingerprint density at radius 1 is 1.26 bits per heavy atom. The molecule has 1 aromatic rings. The minimum absolute atomic E-state index is 0.108. The van der Waals surface area contributed by atoms with Crippen molar-refractivity contribution in [2.24, 2.45) is 11.3 Å². The molecule has 2 N–H and O–H groups in total. The van der Waals surface area contributed by atoms with Crippen LogP contribution in [0.4, 0.5) is 0 Å². The van der Waals surface area contributed by atoms with Gasteiger partial charge in [-0.3, -0.25) is 9.69 Å². The number of aromatic hydroxyl groups is 1. The second kappa shape index (κ2) is 6.26. The van der Waals surface area contributed by atoms with Crippen LogP contribution in [0.2, 0.25) is 0 Å². The minimum atomic E-state index is -0.419. The maximum Gasteiger partial charge on any atom is 0.225 e. The number of piperidine rings is 1. The number of hydrogen-bond donors (Lipinski definition) is 2. The molecule has 0 aromatic heterocycles. The summed E-state index contributed by atoms with van der Waals surface area (Å²) in [5.41, 5.74) is 1.58. The number of phenols is 1. The van der Waals surface area contributed by atoms with E-state index in [1.54, 1.807) is 0 Å². The van der Waals surface area contributed by atoms with Crippen LogP contribution >= 0.6 is 0 Å². The van der Waals surface area contributed by atoms with Gasteiger partial charge in [0.25, 0.3) is 0 Å². The first-order valence-electron chi connectivity index (χ1n) is 12.2. The number of hydrogen-bond acceptors (Lipinski definition) is 4. The lowest BCUT2D eigenvalue weighted by Crippen LogP contribution is -2.81. The summed E-state index contributed by atoms with van der Waals surface area (Å²) in [5, 5.41) is 13.9. The van der Waals surface area contributed by atoms with Crippen LogP contribution in [-0.2, 0) is 21.4 Å². The van der Waals surface area contributed by atoms with Gasteiger partial charge in [-0.15, -0.1) is 0 Å². The molecule has 1 aromatic carbocycles. The number of carbonyl (C=O) groups is 1. The number of phenolic OH excluding ortho intramolecular Hbond substituents is 1. The molecule has 0 unspecified atom stereocenters. The third kappa shape index (κ3) is 2.78. The van der Waals surface area contributed by atoms with Gasteiger partial charge in [-0.25, -0.2) is 0 Å². The zero-order chi connectivity index (χ0) is 21.6. The molecule has 0 radical (unpaired) electrons. The number of nitrogens with one attached hydrogen (secondary N) is 1. The molecular weight excluding hydrogens is 388 g/mol. The highest BCUT2D eigenvalue weighted by molar-refractivity contribution is 5.82. The Morgan fingerprint density at radius 3 is 2.74 bits per heavy atom. The Labute approximate surface area is 185 Å². The van der Waals surface area contributed by atoms with E-state index in [1.807, 2.05) is 32.9 Å². The summed E-state index contributed by atoms with van der Waals surface area (Å²) in [5.74, 6) is 1.32. The molecule has 3 aliphatic carbocycles. The topological polar surface area (TPSA) is 61.8 Å². The SMILES string of the molecule is CC(C)(C)C(=O)N[C@]12CC[C@@]3(OC1)[C@H]1Cc4ccc(O)cc4[C@@]3(CCN1CC1CC1)C2. The van der Waals surface area contributed by atoms with Crippen LogP contribution in [0.15, 0.2) is 18.2 Å². The maximum absolute atomic E-state index is 13.0. The Kier molecular flexibility index (Phi) is 4.05. The number of rotatable bonds is 3. The van der Waals surface area contributed by atoms with Gasteiger partial charge in [-0.2, -0.15) is 0 Å². The van der Waals surface area contributed by atoms with Gasteiger partial charge >= 0.3 is 0 Å². The lowest BCUT2D eigenvalue weighted by molar-refractivity contribution is -0.263. The number of likely N-dealkylation sites (tertiary alicyclic amines) is 1. The molecule has 5 heteroatoms. The monoisotopic (exact) mass is 424 g/mol. The summed E-state index contributed by atoms with van der Waals surface area (Å²) in [4.78, 5) is 15.7. The van der Waals surface area contributed by atoms with Crippen molar-refractivity contribution in [3.05, 3.63) is 29.3 Å². The fourth-order valence-electron chi connectivity index (χ4n) is 7.32. The predicted molar refractivity (Wildman–Crippen MR) is 119 cm³/mol. The third-order valence-corrected chi connectivity index (χ3v) is 9.11. The van der Waals surface area contributed by atoms with Crippen LogP contribution in [-0.4, -0.2) is 52.8 Å². The van der Waals surface area contributed by atoms with Gasteiger partial charge < -0.3 is 15.2 Å². The molecule has 3 heterocycles. The van der Waals surface area contributed by atoms with E-state index in [4.69, 9.17) is 4.74 Å². The Morgan fingerprint density at radius 2 is 2.06 bits per heavy atom. The first kappa shape index (κ1) is 20.0. The molecule has 6 aliphatic rings.